The lowest BCUT2D eigenvalue weighted by molar-refractivity contribution is 0.676. The number of allylic oxidation sites excluding steroid dienone is 1. The number of fused-ring (bicyclic) bond motifs is 5. The van der Waals surface area contributed by atoms with E-state index in [0.717, 1.165) is 0 Å². The summed E-state index contributed by atoms with van der Waals surface area (Å²) >= 11 is 0. The van der Waals surface area contributed by atoms with E-state index < -0.39 is 0 Å². The second-order valence-corrected chi connectivity index (χ2v) is 6.35. The molecule has 1 aliphatic carbocycles. The monoisotopic (exact) mass is 270 g/mol. The van der Waals surface area contributed by atoms with Crippen molar-refractivity contribution < 1.29 is 0 Å². The molecule has 0 heteroatoms. The van der Waals surface area contributed by atoms with Gasteiger partial charge in [0.25, 0.3) is 0 Å². The minimum absolute atomic E-state index is 0.0523. The Kier molecular flexibility index (Phi) is 2.56. The Balaban J connectivity index is 2.15. The van der Waals surface area contributed by atoms with Crippen LogP contribution >= 0.6 is 0 Å². The van der Waals surface area contributed by atoms with E-state index in [4.69, 9.17) is 0 Å². The minimum atomic E-state index is 0.0523. The fraction of sp³-hybridized carbons (Fsp3) is 0.143. The summed E-state index contributed by atoms with van der Waals surface area (Å²) in [5.74, 6) is 0. The predicted molar refractivity (Wildman–Crippen MR) is 91.4 cm³/mol. The van der Waals surface area contributed by atoms with E-state index in [-0.39, 0.29) is 5.41 Å². The van der Waals surface area contributed by atoms with Crippen LogP contribution in [0.25, 0.3) is 28.0 Å². The molecule has 0 nitrogen and oxygen atoms in total. The molecule has 102 valence electrons. The third-order valence-corrected chi connectivity index (χ3v) is 4.55. The normalized spacial score (nSPS) is 15.3. The highest BCUT2D eigenvalue weighted by atomic mass is 14.3. The maximum absolute atomic E-state index is 2.34. The molecule has 0 radical (unpaired) electrons. The van der Waals surface area contributed by atoms with Gasteiger partial charge in [0.2, 0.25) is 0 Å². The average molecular weight is 270 g/mol. The van der Waals surface area contributed by atoms with Crippen LogP contribution in [0.5, 0.6) is 0 Å². The maximum Gasteiger partial charge on any atom is 0.00847 e. The quantitative estimate of drug-likeness (QED) is 0.483. The molecule has 0 N–H and O–H groups in total. The maximum atomic E-state index is 2.34. The Bertz CT molecular complexity index is 866. The van der Waals surface area contributed by atoms with Crippen molar-refractivity contribution in [2.75, 3.05) is 0 Å². The lowest BCUT2D eigenvalue weighted by atomic mass is 9.81. The van der Waals surface area contributed by atoms with Crippen LogP contribution in [0.15, 0.2) is 66.7 Å². The van der Waals surface area contributed by atoms with E-state index in [1.54, 1.807) is 0 Å². The van der Waals surface area contributed by atoms with Gasteiger partial charge in [0.15, 0.2) is 0 Å². The third-order valence-electron chi connectivity index (χ3n) is 4.55. The molecule has 0 fully saturated rings. The SMILES string of the molecule is CC1(C)C=Cc2c(ccc3ccccc23)-c2ccccc21. The van der Waals surface area contributed by atoms with Crippen LogP contribution in [-0.2, 0) is 5.41 Å². The van der Waals surface area contributed by atoms with Gasteiger partial charge >= 0.3 is 0 Å². The van der Waals surface area contributed by atoms with Crippen molar-refractivity contribution in [3.05, 3.63) is 77.9 Å². The van der Waals surface area contributed by atoms with Crippen molar-refractivity contribution in [2.24, 2.45) is 0 Å². The van der Waals surface area contributed by atoms with Crippen molar-refractivity contribution in [1.29, 1.82) is 0 Å². The summed E-state index contributed by atoms with van der Waals surface area (Å²) < 4.78 is 0. The molecular formula is C21H18. The van der Waals surface area contributed by atoms with Gasteiger partial charge in [-0.3, -0.25) is 0 Å². The number of benzene rings is 3. The molecule has 3 aromatic rings. The van der Waals surface area contributed by atoms with E-state index >= 15 is 0 Å². The molecule has 0 aliphatic heterocycles. The molecule has 0 heterocycles. The Morgan fingerprint density at radius 1 is 0.714 bits per heavy atom. The molecule has 1 aliphatic rings. The molecule has 0 unspecified atom stereocenters. The second kappa shape index (κ2) is 4.33. The first-order valence-corrected chi connectivity index (χ1v) is 7.48. The first-order valence-electron chi connectivity index (χ1n) is 7.48. The van der Waals surface area contributed by atoms with E-state index in [1.165, 1.54) is 33.0 Å². The summed E-state index contributed by atoms with van der Waals surface area (Å²) in [6.07, 6.45) is 4.64. The van der Waals surface area contributed by atoms with E-state index in [0.29, 0.717) is 0 Å². The topological polar surface area (TPSA) is 0 Å². The molecule has 0 bridgehead atoms. The Labute approximate surface area is 125 Å². The second-order valence-electron chi connectivity index (χ2n) is 6.35. The van der Waals surface area contributed by atoms with Crippen LogP contribution in [0.1, 0.15) is 25.0 Å². The summed E-state index contributed by atoms with van der Waals surface area (Å²) in [5, 5.41) is 2.64. The molecule has 0 saturated carbocycles. The molecular weight excluding hydrogens is 252 g/mol. The van der Waals surface area contributed by atoms with Gasteiger partial charge in [0.05, 0.1) is 0 Å². The van der Waals surface area contributed by atoms with Crippen molar-refractivity contribution in [3.8, 4) is 11.1 Å². The lowest BCUT2D eigenvalue weighted by Gasteiger charge is -2.22. The summed E-state index contributed by atoms with van der Waals surface area (Å²) in [7, 11) is 0. The fourth-order valence-corrected chi connectivity index (χ4v) is 3.37. The zero-order valence-electron chi connectivity index (χ0n) is 12.4. The van der Waals surface area contributed by atoms with Crippen LogP contribution in [0.3, 0.4) is 0 Å². The van der Waals surface area contributed by atoms with Gasteiger partial charge in [-0.15, -0.1) is 0 Å². The summed E-state index contributed by atoms with van der Waals surface area (Å²) in [6, 6.07) is 21.9. The van der Waals surface area contributed by atoms with E-state index in [9.17, 15) is 0 Å². The van der Waals surface area contributed by atoms with Crippen LogP contribution in [0.2, 0.25) is 0 Å². The Morgan fingerprint density at radius 2 is 1.48 bits per heavy atom. The van der Waals surface area contributed by atoms with Crippen LogP contribution < -0.4 is 0 Å². The largest absolute Gasteiger partial charge is 0.0738 e. The molecule has 21 heavy (non-hydrogen) atoms. The average Bonchev–Trinajstić information content (AvgIpc) is 2.63. The summed E-state index contributed by atoms with van der Waals surface area (Å²) in [5.41, 5.74) is 5.48. The zero-order valence-corrected chi connectivity index (χ0v) is 12.4. The van der Waals surface area contributed by atoms with Crippen LogP contribution in [-0.4, -0.2) is 0 Å². The van der Waals surface area contributed by atoms with Gasteiger partial charge < -0.3 is 0 Å². The molecule has 0 spiro atoms. The minimum Gasteiger partial charge on any atom is -0.0738 e. The van der Waals surface area contributed by atoms with E-state index in [2.05, 4.69) is 86.7 Å². The van der Waals surface area contributed by atoms with Gasteiger partial charge in [0.1, 0.15) is 0 Å². The first kappa shape index (κ1) is 12.4. The molecule has 4 rings (SSSR count). The molecule has 0 saturated heterocycles. The third kappa shape index (κ3) is 1.83. The number of hydrogen-bond donors (Lipinski definition) is 0. The highest BCUT2D eigenvalue weighted by Crippen LogP contribution is 2.41. The van der Waals surface area contributed by atoms with Gasteiger partial charge in [-0.2, -0.15) is 0 Å². The van der Waals surface area contributed by atoms with Gasteiger partial charge in [-0.1, -0.05) is 86.7 Å². The van der Waals surface area contributed by atoms with Gasteiger partial charge in [0, 0.05) is 5.41 Å². The standard InChI is InChI=1S/C21H18/c1-21(2)14-13-18-16-8-4-3-7-15(16)11-12-17(18)19-9-5-6-10-20(19)21/h3-14H,1-2H3. The lowest BCUT2D eigenvalue weighted by Crippen LogP contribution is -2.13. The predicted octanol–water partition coefficient (Wildman–Crippen LogP) is 5.81. The number of rotatable bonds is 0. The summed E-state index contributed by atoms with van der Waals surface area (Å²) in [6.45, 7) is 4.58. The Morgan fingerprint density at radius 3 is 2.38 bits per heavy atom. The van der Waals surface area contributed by atoms with E-state index in [1.807, 2.05) is 0 Å². The molecule has 0 amide bonds. The smallest absolute Gasteiger partial charge is 0.00847 e. The van der Waals surface area contributed by atoms with Crippen molar-refractivity contribution in [2.45, 2.75) is 19.3 Å². The number of hydrogen-bond acceptors (Lipinski definition) is 0. The van der Waals surface area contributed by atoms with Crippen molar-refractivity contribution >= 4 is 16.8 Å². The van der Waals surface area contributed by atoms with Crippen molar-refractivity contribution in [1.82, 2.24) is 0 Å². The van der Waals surface area contributed by atoms with Crippen LogP contribution in [0.4, 0.5) is 0 Å². The van der Waals surface area contributed by atoms with Crippen molar-refractivity contribution in [3.63, 3.8) is 0 Å². The zero-order chi connectivity index (χ0) is 14.4. The fourth-order valence-electron chi connectivity index (χ4n) is 3.37. The van der Waals surface area contributed by atoms with Crippen LogP contribution in [0, 0.1) is 0 Å². The molecule has 0 atom stereocenters. The highest BCUT2D eigenvalue weighted by molar-refractivity contribution is 5.98. The Hall–Kier alpha value is -2.34. The molecule has 0 aromatic heterocycles. The first-order chi connectivity index (χ1) is 10.2. The highest BCUT2D eigenvalue weighted by Gasteiger charge is 2.24. The van der Waals surface area contributed by atoms with Gasteiger partial charge in [-0.05, 0) is 33.0 Å². The summed E-state index contributed by atoms with van der Waals surface area (Å²) in [4.78, 5) is 0. The van der Waals surface area contributed by atoms with Gasteiger partial charge in [-0.25, -0.2) is 0 Å². The molecule has 3 aromatic carbocycles.